The fourth-order valence-corrected chi connectivity index (χ4v) is 3.36. The predicted octanol–water partition coefficient (Wildman–Crippen LogP) is 4.42. The summed E-state index contributed by atoms with van der Waals surface area (Å²) < 4.78 is 11.7. The van der Waals surface area contributed by atoms with E-state index >= 15 is 0 Å². The van der Waals surface area contributed by atoms with Crippen molar-refractivity contribution >= 4 is 11.6 Å². The Balaban J connectivity index is 2.15. The van der Waals surface area contributed by atoms with Gasteiger partial charge in [0.05, 0.1) is 18.2 Å². The fraction of sp³-hybridized carbons (Fsp3) is 0.647. The van der Waals surface area contributed by atoms with Gasteiger partial charge < -0.3 is 14.8 Å². The minimum atomic E-state index is 0.255. The van der Waals surface area contributed by atoms with E-state index in [9.17, 15) is 0 Å². The van der Waals surface area contributed by atoms with Crippen molar-refractivity contribution in [3.05, 3.63) is 22.7 Å². The van der Waals surface area contributed by atoms with Gasteiger partial charge in [0.25, 0.3) is 0 Å². The monoisotopic (exact) mass is 311 g/mol. The molecule has 0 heterocycles. The van der Waals surface area contributed by atoms with Gasteiger partial charge in [0, 0.05) is 6.54 Å². The number of rotatable bonds is 6. The summed E-state index contributed by atoms with van der Waals surface area (Å²) in [5, 5.41) is 3.76. The van der Waals surface area contributed by atoms with E-state index in [4.69, 9.17) is 21.1 Å². The quantitative estimate of drug-likeness (QED) is 0.844. The number of benzene rings is 1. The maximum absolute atomic E-state index is 6.41. The van der Waals surface area contributed by atoms with E-state index in [0.29, 0.717) is 10.8 Å². The van der Waals surface area contributed by atoms with Crippen LogP contribution in [0, 0.1) is 5.92 Å². The first-order chi connectivity index (χ1) is 10.2. The summed E-state index contributed by atoms with van der Waals surface area (Å²) in [5.74, 6) is 2.20. The maximum Gasteiger partial charge on any atom is 0.180 e. The second-order valence-electron chi connectivity index (χ2n) is 5.82. The molecule has 2 rings (SSSR count). The van der Waals surface area contributed by atoms with E-state index in [1.54, 1.807) is 7.11 Å². The molecule has 0 aromatic heterocycles. The van der Waals surface area contributed by atoms with Crippen LogP contribution in [0.3, 0.4) is 0 Å². The summed E-state index contributed by atoms with van der Waals surface area (Å²) >= 11 is 6.41. The lowest BCUT2D eigenvalue weighted by Crippen LogP contribution is -2.25. The molecule has 2 unspecified atom stereocenters. The highest BCUT2D eigenvalue weighted by molar-refractivity contribution is 6.32. The van der Waals surface area contributed by atoms with E-state index in [1.807, 2.05) is 19.2 Å². The maximum atomic E-state index is 6.41. The lowest BCUT2D eigenvalue weighted by Gasteiger charge is -2.29. The molecule has 118 valence electrons. The summed E-state index contributed by atoms with van der Waals surface area (Å²) in [4.78, 5) is 0. The van der Waals surface area contributed by atoms with Crippen LogP contribution in [0.4, 0.5) is 0 Å². The molecule has 0 bridgehead atoms. The van der Waals surface area contributed by atoms with Crippen molar-refractivity contribution < 1.29 is 9.47 Å². The predicted molar refractivity (Wildman–Crippen MR) is 87.4 cm³/mol. The van der Waals surface area contributed by atoms with Gasteiger partial charge in [0.15, 0.2) is 11.5 Å². The van der Waals surface area contributed by atoms with Gasteiger partial charge in [-0.1, -0.05) is 31.4 Å². The number of hydrogen-bond acceptors (Lipinski definition) is 3. The van der Waals surface area contributed by atoms with Crippen molar-refractivity contribution in [2.45, 2.75) is 51.7 Å². The molecule has 0 radical (unpaired) electrons. The van der Waals surface area contributed by atoms with Gasteiger partial charge >= 0.3 is 0 Å². The van der Waals surface area contributed by atoms with Crippen LogP contribution in [0.1, 0.15) is 44.6 Å². The van der Waals surface area contributed by atoms with Gasteiger partial charge in [-0.05, 0) is 49.9 Å². The minimum absolute atomic E-state index is 0.255. The Morgan fingerprint density at radius 1 is 1.33 bits per heavy atom. The topological polar surface area (TPSA) is 30.5 Å². The van der Waals surface area contributed by atoms with Crippen LogP contribution in [0.15, 0.2) is 12.1 Å². The van der Waals surface area contributed by atoms with E-state index in [2.05, 4.69) is 12.2 Å². The second-order valence-corrected chi connectivity index (χ2v) is 6.23. The van der Waals surface area contributed by atoms with Crippen molar-refractivity contribution in [2.24, 2.45) is 5.92 Å². The highest BCUT2D eigenvalue weighted by atomic mass is 35.5. The summed E-state index contributed by atoms with van der Waals surface area (Å²) in [6.45, 7) is 3.02. The van der Waals surface area contributed by atoms with Gasteiger partial charge in [-0.3, -0.25) is 0 Å². The fourth-order valence-electron chi connectivity index (χ4n) is 3.08. The third-order valence-corrected chi connectivity index (χ3v) is 4.55. The smallest absolute Gasteiger partial charge is 0.180 e. The number of nitrogens with one attached hydrogen (secondary N) is 1. The average molecular weight is 312 g/mol. The van der Waals surface area contributed by atoms with Gasteiger partial charge in [-0.2, -0.15) is 0 Å². The normalized spacial score (nSPS) is 22.1. The summed E-state index contributed by atoms with van der Waals surface area (Å²) in [6, 6.07) is 3.95. The summed E-state index contributed by atoms with van der Waals surface area (Å²) in [7, 11) is 3.58. The van der Waals surface area contributed by atoms with Gasteiger partial charge in [0.1, 0.15) is 0 Å². The Bertz CT molecular complexity index is 464. The first-order valence-electron chi connectivity index (χ1n) is 7.85. The first-order valence-corrected chi connectivity index (χ1v) is 8.23. The van der Waals surface area contributed by atoms with Crippen molar-refractivity contribution in [3.8, 4) is 11.5 Å². The zero-order valence-corrected chi connectivity index (χ0v) is 14.0. The molecular formula is C17H26ClNO2. The van der Waals surface area contributed by atoms with Crippen molar-refractivity contribution in [1.82, 2.24) is 5.32 Å². The summed E-state index contributed by atoms with van der Waals surface area (Å²) in [5.41, 5.74) is 1.10. The highest BCUT2D eigenvalue weighted by Crippen LogP contribution is 2.39. The molecule has 1 aliphatic rings. The largest absolute Gasteiger partial charge is 0.493 e. The van der Waals surface area contributed by atoms with Crippen LogP contribution >= 0.6 is 11.6 Å². The molecule has 1 aromatic carbocycles. The van der Waals surface area contributed by atoms with E-state index in [1.165, 1.54) is 19.3 Å². The molecule has 1 aliphatic carbocycles. The SMILES string of the molecule is CCC1CCCC(Oc2c(Cl)cc(CNC)cc2OC)C1. The molecule has 1 fully saturated rings. The van der Waals surface area contributed by atoms with Crippen LogP contribution in [0.5, 0.6) is 11.5 Å². The molecule has 0 amide bonds. The van der Waals surface area contributed by atoms with Gasteiger partial charge in [-0.25, -0.2) is 0 Å². The Morgan fingerprint density at radius 2 is 2.14 bits per heavy atom. The number of ether oxygens (including phenoxy) is 2. The van der Waals surface area contributed by atoms with Crippen LogP contribution in [0.2, 0.25) is 5.02 Å². The molecule has 0 aliphatic heterocycles. The van der Waals surface area contributed by atoms with Crippen LogP contribution in [-0.2, 0) is 6.54 Å². The lowest BCUT2D eigenvalue weighted by atomic mass is 9.85. The highest BCUT2D eigenvalue weighted by Gasteiger charge is 2.24. The molecule has 0 saturated heterocycles. The zero-order valence-electron chi connectivity index (χ0n) is 13.2. The zero-order chi connectivity index (χ0) is 15.2. The molecule has 1 N–H and O–H groups in total. The van der Waals surface area contributed by atoms with Gasteiger partial charge in [-0.15, -0.1) is 0 Å². The first kappa shape index (κ1) is 16.4. The lowest BCUT2D eigenvalue weighted by molar-refractivity contribution is 0.118. The third kappa shape index (κ3) is 4.27. The standard InChI is InChI=1S/C17H26ClNO2/c1-4-12-6-5-7-14(8-12)21-17-15(18)9-13(11-19-2)10-16(17)20-3/h9-10,12,14,19H,4-8,11H2,1-3H3. The Labute approximate surface area is 133 Å². The van der Waals surface area contributed by atoms with E-state index in [0.717, 1.165) is 36.6 Å². The molecule has 1 saturated carbocycles. The van der Waals surface area contributed by atoms with Crippen molar-refractivity contribution in [3.63, 3.8) is 0 Å². The molecule has 4 heteroatoms. The third-order valence-electron chi connectivity index (χ3n) is 4.27. The number of halogens is 1. The molecule has 3 nitrogen and oxygen atoms in total. The average Bonchev–Trinajstić information content (AvgIpc) is 2.50. The Hall–Kier alpha value is -0.930. The van der Waals surface area contributed by atoms with Crippen LogP contribution < -0.4 is 14.8 Å². The molecule has 1 aromatic rings. The van der Waals surface area contributed by atoms with Crippen LogP contribution in [0.25, 0.3) is 0 Å². The van der Waals surface area contributed by atoms with Crippen molar-refractivity contribution in [1.29, 1.82) is 0 Å². The van der Waals surface area contributed by atoms with Gasteiger partial charge in [0.2, 0.25) is 0 Å². The number of hydrogen-bond donors (Lipinski definition) is 1. The molecule has 21 heavy (non-hydrogen) atoms. The number of methoxy groups -OCH3 is 1. The Kier molecular flexibility index (Phi) is 6.19. The minimum Gasteiger partial charge on any atom is -0.493 e. The molecular weight excluding hydrogens is 286 g/mol. The van der Waals surface area contributed by atoms with Crippen molar-refractivity contribution in [2.75, 3.05) is 14.2 Å². The Morgan fingerprint density at radius 3 is 2.81 bits per heavy atom. The van der Waals surface area contributed by atoms with E-state index < -0.39 is 0 Å². The molecule has 2 atom stereocenters. The summed E-state index contributed by atoms with van der Waals surface area (Å²) in [6.07, 6.45) is 6.27. The van der Waals surface area contributed by atoms with E-state index in [-0.39, 0.29) is 6.10 Å². The van der Waals surface area contributed by atoms with Crippen LogP contribution in [-0.4, -0.2) is 20.3 Å². The molecule has 0 spiro atoms. The second kappa shape index (κ2) is 7.90.